The molecule has 0 aliphatic rings. The Morgan fingerprint density at radius 3 is 2.46 bits per heavy atom. The van der Waals surface area contributed by atoms with Gasteiger partial charge >= 0.3 is 0 Å². The summed E-state index contributed by atoms with van der Waals surface area (Å²) in [5.41, 5.74) is 4.01. The summed E-state index contributed by atoms with van der Waals surface area (Å²) in [6, 6.07) is 19.0. The van der Waals surface area contributed by atoms with Crippen LogP contribution in [0.3, 0.4) is 0 Å². The number of hydrogen-bond donors (Lipinski definition) is 2. The number of rotatable bonds is 4. The number of halogens is 1. The predicted octanol–water partition coefficient (Wildman–Crippen LogP) is 5.15. The highest BCUT2D eigenvalue weighted by Gasteiger charge is 2.10. The SMILES string of the molecule is Cc1ccccc1Nc1ccnc(C(=O)Nc2ccccc2Br)c1. The van der Waals surface area contributed by atoms with Crippen LogP contribution in [0.2, 0.25) is 0 Å². The fourth-order valence-corrected chi connectivity index (χ4v) is 2.63. The number of nitrogens with zero attached hydrogens (tertiary/aromatic N) is 1. The van der Waals surface area contributed by atoms with Gasteiger partial charge in [0.05, 0.1) is 5.69 Å². The van der Waals surface area contributed by atoms with E-state index in [1.807, 2.05) is 61.5 Å². The van der Waals surface area contributed by atoms with Crippen LogP contribution in [0.25, 0.3) is 0 Å². The first-order valence-electron chi connectivity index (χ1n) is 7.48. The maximum absolute atomic E-state index is 12.4. The summed E-state index contributed by atoms with van der Waals surface area (Å²) in [5, 5.41) is 6.17. The van der Waals surface area contributed by atoms with Crippen molar-refractivity contribution in [2.24, 2.45) is 0 Å². The summed E-state index contributed by atoms with van der Waals surface area (Å²) in [6.07, 6.45) is 1.62. The Labute approximate surface area is 149 Å². The first-order valence-corrected chi connectivity index (χ1v) is 8.27. The molecule has 3 aromatic rings. The number of amides is 1. The van der Waals surface area contributed by atoms with Gasteiger partial charge in [-0.3, -0.25) is 9.78 Å². The first kappa shape index (κ1) is 16.2. The molecule has 120 valence electrons. The highest BCUT2D eigenvalue weighted by molar-refractivity contribution is 9.10. The van der Waals surface area contributed by atoms with Gasteiger partial charge in [0.25, 0.3) is 5.91 Å². The fraction of sp³-hybridized carbons (Fsp3) is 0.0526. The maximum atomic E-state index is 12.4. The van der Waals surface area contributed by atoms with Gasteiger partial charge in [-0.15, -0.1) is 0 Å². The number of nitrogens with one attached hydrogen (secondary N) is 2. The molecule has 5 heteroatoms. The number of carbonyl (C=O) groups excluding carboxylic acids is 1. The Balaban J connectivity index is 1.79. The molecule has 2 N–H and O–H groups in total. The van der Waals surface area contributed by atoms with Crippen LogP contribution in [0.5, 0.6) is 0 Å². The predicted molar refractivity (Wildman–Crippen MR) is 101 cm³/mol. The molecule has 0 aliphatic heterocycles. The first-order chi connectivity index (χ1) is 11.6. The highest BCUT2D eigenvalue weighted by Crippen LogP contribution is 2.23. The molecular weight excluding hydrogens is 366 g/mol. The van der Waals surface area contributed by atoms with E-state index in [0.29, 0.717) is 11.4 Å². The Hall–Kier alpha value is -2.66. The number of para-hydroxylation sites is 2. The van der Waals surface area contributed by atoms with Crippen molar-refractivity contribution < 1.29 is 4.79 Å². The fourth-order valence-electron chi connectivity index (χ4n) is 2.25. The molecule has 1 heterocycles. The van der Waals surface area contributed by atoms with Gasteiger partial charge in [0.1, 0.15) is 5.69 Å². The van der Waals surface area contributed by atoms with E-state index in [9.17, 15) is 4.79 Å². The minimum Gasteiger partial charge on any atom is -0.355 e. The van der Waals surface area contributed by atoms with Crippen LogP contribution in [-0.4, -0.2) is 10.9 Å². The van der Waals surface area contributed by atoms with Gasteiger partial charge in [0.15, 0.2) is 0 Å². The molecule has 0 saturated heterocycles. The summed E-state index contributed by atoms with van der Waals surface area (Å²) in [4.78, 5) is 16.6. The van der Waals surface area contributed by atoms with Gasteiger partial charge in [-0.2, -0.15) is 0 Å². The average molecular weight is 382 g/mol. The van der Waals surface area contributed by atoms with Crippen molar-refractivity contribution in [3.8, 4) is 0 Å². The molecule has 2 aromatic carbocycles. The van der Waals surface area contributed by atoms with Gasteiger partial charge in [-0.1, -0.05) is 30.3 Å². The van der Waals surface area contributed by atoms with Crippen molar-refractivity contribution in [3.05, 3.63) is 82.6 Å². The van der Waals surface area contributed by atoms with E-state index in [1.54, 1.807) is 12.3 Å². The third-order valence-corrected chi connectivity index (χ3v) is 4.23. The van der Waals surface area contributed by atoms with Crippen LogP contribution in [-0.2, 0) is 0 Å². The standard InChI is InChI=1S/C19H16BrN3O/c1-13-6-2-4-8-16(13)22-14-10-11-21-18(12-14)19(24)23-17-9-5-3-7-15(17)20/h2-12H,1H3,(H,21,22)(H,23,24). The van der Waals surface area contributed by atoms with E-state index < -0.39 is 0 Å². The summed E-state index contributed by atoms with van der Waals surface area (Å²) in [5.74, 6) is -0.254. The van der Waals surface area contributed by atoms with Crippen LogP contribution in [0, 0.1) is 6.92 Å². The smallest absolute Gasteiger partial charge is 0.274 e. The lowest BCUT2D eigenvalue weighted by atomic mass is 10.2. The van der Waals surface area contributed by atoms with Gasteiger partial charge in [-0.05, 0) is 58.7 Å². The van der Waals surface area contributed by atoms with E-state index in [0.717, 1.165) is 21.4 Å². The maximum Gasteiger partial charge on any atom is 0.274 e. The second-order valence-electron chi connectivity index (χ2n) is 5.30. The summed E-state index contributed by atoms with van der Waals surface area (Å²) in [6.45, 7) is 2.03. The quantitative estimate of drug-likeness (QED) is 0.656. The zero-order valence-electron chi connectivity index (χ0n) is 13.1. The summed E-state index contributed by atoms with van der Waals surface area (Å²) >= 11 is 3.42. The number of anilines is 3. The molecular formula is C19H16BrN3O. The molecule has 0 saturated carbocycles. The molecule has 1 amide bonds. The summed E-state index contributed by atoms with van der Waals surface area (Å²) < 4.78 is 0.826. The van der Waals surface area contributed by atoms with Gasteiger partial charge in [0, 0.05) is 22.0 Å². The van der Waals surface area contributed by atoms with Crippen LogP contribution < -0.4 is 10.6 Å². The molecule has 0 fully saturated rings. The zero-order chi connectivity index (χ0) is 16.9. The van der Waals surface area contributed by atoms with Crippen LogP contribution in [0.15, 0.2) is 71.3 Å². The zero-order valence-corrected chi connectivity index (χ0v) is 14.7. The lowest BCUT2D eigenvalue weighted by molar-refractivity contribution is 0.102. The minimum absolute atomic E-state index is 0.254. The third kappa shape index (κ3) is 3.81. The number of aromatic nitrogens is 1. The highest BCUT2D eigenvalue weighted by atomic mass is 79.9. The molecule has 0 atom stereocenters. The molecule has 4 nitrogen and oxygen atoms in total. The molecule has 1 aromatic heterocycles. The molecule has 0 spiro atoms. The van der Waals surface area contributed by atoms with Crippen molar-refractivity contribution in [2.75, 3.05) is 10.6 Å². The molecule has 24 heavy (non-hydrogen) atoms. The van der Waals surface area contributed by atoms with Crippen LogP contribution in [0.4, 0.5) is 17.1 Å². The Kier molecular flexibility index (Phi) is 4.91. The number of pyridine rings is 1. The van der Waals surface area contributed by atoms with Crippen molar-refractivity contribution in [2.45, 2.75) is 6.92 Å². The molecule has 0 bridgehead atoms. The van der Waals surface area contributed by atoms with Crippen molar-refractivity contribution in [1.82, 2.24) is 4.98 Å². The number of hydrogen-bond acceptors (Lipinski definition) is 3. The average Bonchev–Trinajstić information content (AvgIpc) is 2.59. The van der Waals surface area contributed by atoms with Crippen LogP contribution >= 0.6 is 15.9 Å². The molecule has 0 radical (unpaired) electrons. The van der Waals surface area contributed by atoms with E-state index in [1.165, 1.54) is 0 Å². The second kappa shape index (κ2) is 7.27. The topological polar surface area (TPSA) is 54.0 Å². The molecule has 0 unspecified atom stereocenters. The van der Waals surface area contributed by atoms with E-state index in [2.05, 4.69) is 31.5 Å². The van der Waals surface area contributed by atoms with Crippen molar-refractivity contribution in [1.29, 1.82) is 0 Å². The Bertz CT molecular complexity index is 880. The van der Waals surface area contributed by atoms with Gasteiger partial charge < -0.3 is 10.6 Å². The number of benzene rings is 2. The van der Waals surface area contributed by atoms with Crippen molar-refractivity contribution >= 4 is 38.9 Å². The Morgan fingerprint density at radius 2 is 1.71 bits per heavy atom. The van der Waals surface area contributed by atoms with Crippen LogP contribution in [0.1, 0.15) is 16.1 Å². The number of aryl methyl sites for hydroxylation is 1. The lowest BCUT2D eigenvalue weighted by Gasteiger charge is -2.11. The molecule has 0 aliphatic carbocycles. The lowest BCUT2D eigenvalue weighted by Crippen LogP contribution is -2.14. The third-order valence-electron chi connectivity index (χ3n) is 3.54. The largest absolute Gasteiger partial charge is 0.355 e. The summed E-state index contributed by atoms with van der Waals surface area (Å²) in [7, 11) is 0. The van der Waals surface area contributed by atoms with Gasteiger partial charge in [-0.25, -0.2) is 0 Å². The second-order valence-corrected chi connectivity index (χ2v) is 6.16. The number of carbonyl (C=O) groups is 1. The normalized spacial score (nSPS) is 10.2. The monoisotopic (exact) mass is 381 g/mol. The van der Waals surface area contributed by atoms with Gasteiger partial charge in [0.2, 0.25) is 0 Å². The van der Waals surface area contributed by atoms with E-state index in [4.69, 9.17) is 0 Å². The molecule has 3 rings (SSSR count). The van der Waals surface area contributed by atoms with E-state index >= 15 is 0 Å². The minimum atomic E-state index is -0.254. The van der Waals surface area contributed by atoms with E-state index in [-0.39, 0.29) is 5.91 Å². The Morgan fingerprint density at radius 1 is 1.00 bits per heavy atom. The van der Waals surface area contributed by atoms with Crippen molar-refractivity contribution in [3.63, 3.8) is 0 Å².